The van der Waals surface area contributed by atoms with Crippen LogP contribution in [0.2, 0.25) is 0 Å². The van der Waals surface area contributed by atoms with E-state index in [4.69, 9.17) is 4.74 Å². The number of hydrogen-bond acceptors (Lipinski definition) is 4. The molecule has 1 aliphatic heterocycles. The van der Waals surface area contributed by atoms with Gasteiger partial charge in [0, 0.05) is 39.5 Å². The van der Waals surface area contributed by atoms with E-state index in [1.165, 1.54) is 13.0 Å². The first-order valence-electron chi connectivity index (χ1n) is 7.15. The molecule has 2 heterocycles. The zero-order chi connectivity index (χ0) is 13.5. The average Bonchev–Trinajstić information content (AvgIpc) is 2.46. The van der Waals surface area contributed by atoms with Crippen molar-refractivity contribution in [3.8, 4) is 0 Å². The van der Waals surface area contributed by atoms with Gasteiger partial charge in [0.05, 0.1) is 11.8 Å². The van der Waals surface area contributed by atoms with Crippen molar-refractivity contribution >= 4 is 0 Å². The number of nitrogens with one attached hydrogen (secondary N) is 1. The molecule has 0 radical (unpaired) electrons. The zero-order valence-electron chi connectivity index (χ0n) is 12.0. The summed E-state index contributed by atoms with van der Waals surface area (Å²) in [6, 6.07) is 6.03. The summed E-state index contributed by atoms with van der Waals surface area (Å²) in [5.41, 5.74) is 1.10. The van der Waals surface area contributed by atoms with Gasteiger partial charge in [0.25, 0.3) is 0 Å². The van der Waals surface area contributed by atoms with Gasteiger partial charge in [-0.25, -0.2) is 0 Å². The lowest BCUT2D eigenvalue weighted by Gasteiger charge is -2.36. The number of pyridine rings is 1. The van der Waals surface area contributed by atoms with Crippen LogP contribution >= 0.6 is 0 Å². The van der Waals surface area contributed by atoms with Crippen LogP contribution < -0.4 is 5.32 Å². The van der Waals surface area contributed by atoms with Crippen LogP contribution in [0.4, 0.5) is 0 Å². The first-order chi connectivity index (χ1) is 9.29. The van der Waals surface area contributed by atoms with Crippen LogP contribution in [-0.4, -0.2) is 49.3 Å². The summed E-state index contributed by atoms with van der Waals surface area (Å²) in [6.07, 6.45) is 3.47. The van der Waals surface area contributed by atoms with Gasteiger partial charge in [-0.3, -0.25) is 9.88 Å². The van der Waals surface area contributed by atoms with E-state index >= 15 is 0 Å². The molecular formula is C15H25N3O. The molecule has 2 rings (SSSR count). The van der Waals surface area contributed by atoms with E-state index in [1.54, 1.807) is 0 Å². The van der Waals surface area contributed by atoms with E-state index in [0.717, 1.165) is 31.9 Å². The van der Waals surface area contributed by atoms with Crippen molar-refractivity contribution in [2.75, 3.05) is 33.3 Å². The van der Waals surface area contributed by atoms with Crippen LogP contribution in [0.25, 0.3) is 0 Å². The molecule has 1 aliphatic rings. The Bertz CT molecular complexity index is 358. The maximum atomic E-state index is 5.54. The molecule has 0 amide bonds. The Morgan fingerprint density at radius 1 is 1.47 bits per heavy atom. The highest BCUT2D eigenvalue weighted by Crippen LogP contribution is 2.18. The number of aromatic nitrogens is 1. The Hall–Kier alpha value is -0.970. The van der Waals surface area contributed by atoms with E-state index in [0.29, 0.717) is 12.0 Å². The van der Waals surface area contributed by atoms with Crippen LogP contribution in [0.5, 0.6) is 0 Å². The van der Waals surface area contributed by atoms with Crippen molar-refractivity contribution < 1.29 is 4.74 Å². The third kappa shape index (κ3) is 4.56. The molecule has 0 spiro atoms. The first-order valence-corrected chi connectivity index (χ1v) is 7.15. The van der Waals surface area contributed by atoms with E-state index in [1.807, 2.05) is 25.4 Å². The predicted octanol–water partition coefficient (Wildman–Crippen LogP) is 1.53. The number of hydrogen-bond donors (Lipinski definition) is 1. The normalized spacial score (nSPS) is 24.5. The van der Waals surface area contributed by atoms with Crippen molar-refractivity contribution in [2.45, 2.75) is 26.0 Å². The molecule has 2 unspecified atom stereocenters. The quantitative estimate of drug-likeness (QED) is 0.790. The Balaban J connectivity index is 1.63. The molecule has 0 aromatic carbocycles. The Labute approximate surface area is 116 Å². The van der Waals surface area contributed by atoms with Crippen LogP contribution in [0.3, 0.4) is 0 Å². The maximum absolute atomic E-state index is 5.54. The molecule has 1 aromatic rings. The first kappa shape index (κ1) is 14.4. The van der Waals surface area contributed by atoms with Crippen LogP contribution in [-0.2, 0) is 11.3 Å². The molecule has 1 fully saturated rings. The molecular weight excluding hydrogens is 238 g/mol. The van der Waals surface area contributed by atoms with Crippen LogP contribution in [0.1, 0.15) is 19.0 Å². The van der Waals surface area contributed by atoms with Crippen molar-refractivity contribution in [1.29, 1.82) is 0 Å². The topological polar surface area (TPSA) is 37.4 Å². The number of methoxy groups -OCH3 is 1. The summed E-state index contributed by atoms with van der Waals surface area (Å²) in [4.78, 5) is 6.79. The van der Waals surface area contributed by atoms with Crippen molar-refractivity contribution in [2.24, 2.45) is 5.92 Å². The van der Waals surface area contributed by atoms with Crippen molar-refractivity contribution in [3.05, 3.63) is 30.1 Å². The van der Waals surface area contributed by atoms with Gasteiger partial charge in [0.15, 0.2) is 0 Å². The fourth-order valence-corrected chi connectivity index (χ4v) is 2.56. The highest BCUT2D eigenvalue weighted by atomic mass is 16.5. The molecule has 19 heavy (non-hydrogen) atoms. The lowest BCUT2D eigenvalue weighted by atomic mass is 9.96. The highest BCUT2D eigenvalue weighted by Gasteiger charge is 2.25. The summed E-state index contributed by atoms with van der Waals surface area (Å²) in [5.74, 6) is 0.683. The van der Waals surface area contributed by atoms with Crippen LogP contribution in [0.15, 0.2) is 24.4 Å². The number of ether oxygens (including phenoxy) is 1. The molecule has 2 atom stereocenters. The molecule has 1 N–H and O–H groups in total. The summed E-state index contributed by atoms with van der Waals surface area (Å²) >= 11 is 0. The monoisotopic (exact) mass is 263 g/mol. The maximum Gasteiger partial charge on any atom is 0.0724 e. The fraction of sp³-hybridized carbons (Fsp3) is 0.667. The molecule has 4 heteroatoms. The van der Waals surface area contributed by atoms with Gasteiger partial charge >= 0.3 is 0 Å². The van der Waals surface area contributed by atoms with Crippen molar-refractivity contribution in [1.82, 2.24) is 15.2 Å². The van der Waals surface area contributed by atoms with Crippen LogP contribution in [0, 0.1) is 5.92 Å². The zero-order valence-corrected chi connectivity index (χ0v) is 12.0. The lowest BCUT2D eigenvalue weighted by Crippen LogP contribution is -2.45. The third-order valence-electron chi connectivity index (χ3n) is 3.91. The third-order valence-corrected chi connectivity index (χ3v) is 3.91. The Morgan fingerprint density at radius 3 is 3.11 bits per heavy atom. The van der Waals surface area contributed by atoms with Gasteiger partial charge in [0.1, 0.15) is 0 Å². The largest absolute Gasteiger partial charge is 0.380 e. The SMILES string of the molecule is COC1CN(CCNCc2ccccn2)CCC1C. The second-order valence-corrected chi connectivity index (χ2v) is 5.34. The molecule has 1 saturated heterocycles. The minimum Gasteiger partial charge on any atom is -0.380 e. The van der Waals surface area contributed by atoms with Gasteiger partial charge < -0.3 is 10.1 Å². The number of nitrogens with zero attached hydrogens (tertiary/aromatic N) is 2. The average molecular weight is 263 g/mol. The van der Waals surface area contributed by atoms with E-state index in [9.17, 15) is 0 Å². The second-order valence-electron chi connectivity index (χ2n) is 5.34. The summed E-state index contributed by atoms with van der Waals surface area (Å²) in [7, 11) is 1.82. The molecule has 0 aliphatic carbocycles. The minimum atomic E-state index is 0.393. The summed E-state index contributed by atoms with van der Waals surface area (Å²) in [5, 5.41) is 3.45. The van der Waals surface area contributed by atoms with Gasteiger partial charge in [-0.1, -0.05) is 13.0 Å². The summed E-state index contributed by atoms with van der Waals surface area (Å²) in [6.45, 7) is 7.46. The molecule has 1 aromatic heterocycles. The Morgan fingerprint density at radius 2 is 2.37 bits per heavy atom. The minimum absolute atomic E-state index is 0.393. The van der Waals surface area contributed by atoms with Gasteiger partial charge in [0.2, 0.25) is 0 Å². The fourth-order valence-electron chi connectivity index (χ4n) is 2.56. The van der Waals surface area contributed by atoms with Gasteiger partial charge in [-0.2, -0.15) is 0 Å². The predicted molar refractivity (Wildman–Crippen MR) is 77.0 cm³/mol. The van der Waals surface area contributed by atoms with Crippen molar-refractivity contribution in [3.63, 3.8) is 0 Å². The van der Waals surface area contributed by atoms with E-state index in [2.05, 4.69) is 28.2 Å². The standard InChI is InChI=1S/C15H25N3O/c1-13-6-9-18(12-15(13)19-2)10-8-16-11-14-5-3-4-7-17-14/h3-5,7,13,15-16H,6,8-12H2,1-2H3. The highest BCUT2D eigenvalue weighted by molar-refractivity contribution is 5.02. The Kier molecular flexibility index (Phi) is 5.76. The number of rotatable bonds is 6. The number of likely N-dealkylation sites (tertiary alicyclic amines) is 1. The molecule has 0 bridgehead atoms. The molecule has 106 valence electrons. The summed E-state index contributed by atoms with van der Waals surface area (Å²) < 4.78 is 5.54. The second kappa shape index (κ2) is 7.58. The van der Waals surface area contributed by atoms with Gasteiger partial charge in [-0.05, 0) is 31.0 Å². The molecule has 4 nitrogen and oxygen atoms in total. The van der Waals surface area contributed by atoms with E-state index in [-0.39, 0.29) is 0 Å². The smallest absolute Gasteiger partial charge is 0.0724 e. The number of piperidine rings is 1. The van der Waals surface area contributed by atoms with Gasteiger partial charge in [-0.15, -0.1) is 0 Å². The lowest BCUT2D eigenvalue weighted by molar-refractivity contribution is -0.00444. The molecule has 0 saturated carbocycles. The van der Waals surface area contributed by atoms with E-state index < -0.39 is 0 Å².